The molecule has 3 aromatic rings. The van der Waals surface area contributed by atoms with Crippen LogP contribution in [0.25, 0.3) is 5.65 Å². The highest BCUT2D eigenvalue weighted by molar-refractivity contribution is 7.98. The molecule has 140 valence electrons. The van der Waals surface area contributed by atoms with Crippen molar-refractivity contribution in [2.45, 2.75) is 36.5 Å². The maximum atomic E-state index is 12.2. The Morgan fingerprint density at radius 3 is 2.67 bits per heavy atom. The van der Waals surface area contributed by atoms with Gasteiger partial charge in [0.15, 0.2) is 0 Å². The molecular formula is C20H21N3O3S. The van der Waals surface area contributed by atoms with E-state index in [-0.39, 0.29) is 5.91 Å². The van der Waals surface area contributed by atoms with Crippen LogP contribution in [0.15, 0.2) is 59.8 Å². The number of hydrogen-bond donors (Lipinski definition) is 2. The van der Waals surface area contributed by atoms with Crippen LogP contribution >= 0.6 is 11.8 Å². The minimum atomic E-state index is -1.01. The van der Waals surface area contributed by atoms with Gasteiger partial charge in [-0.15, -0.1) is 11.8 Å². The molecule has 0 saturated carbocycles. The number of aromatic nitrogens is 2. The van der Waals surface area contributed by atoms with E-state index in [9.17, 15) is 9.59 Å². The smallest absolute Gasteiger partial charge is 0.326 e. The number of carbonyl (C=O) groups excluding carboxylic acids is 1. The maximum absolute atomic E-state index is 12.2. The van der Waals surface area contributed by atoms with E-state index in [1.54, 1.807) is 23.9 Å². The van der Waals surface area contributed by atoms with Crippen LogP contribution in [0.1, 0.15) is 35.8 Å². The Morgan fingerprint density at radius 2 is 2.00 bits per heavy atom. The largest absolute Gasteiger partial charge is 0.480 e. The molecule has 1 amide bonds. The van der Waals surface area contributed by atoms with E-state index in [1.165, 1.54) is 0 Å². The lowest BCUT2D eigenvalue weighted by Crippen LogP contribution is -2.40. The zero-order valence-corrected chi connectivity index (χ0v) is 15.8. The third-order valence-electron chi connectivity index (χ3n) is 4.10. The summed E-state index contributed by atoms with van der Waals surface area (Å²) in [4.78, 5) is 29.0. The number of aliphatic carboxylic acids is 1. The lowest BCUT2D eigenvalue weighted by atomic mass is 10.1. The van der Waals surface area contributed by atoms with Gasteiger partial charge in [0.1, 0.15) is 11.7 Å². The number of carbonyl (C=O) groups is 2. The Labute approximate surface area is 161 Å². The average molecular weight is 383 g/mol. The van der Waals surface area contributed by atoms with Gasteiger partial charge in [0.2, 0.25) is 0 Å². The number of pyridine rings is 1. The molecule has 27 heavy (non-hydrogen) atoms. The molecule has 0 fully saturated rings. The first kappa shape index (κ1) is 19.0. The number of benzene rings is 1. The van der Waals surface area contributed by atoms with E-state index in [4.69, 9.17) is 5.11 Å². The van der Waals surface area contributed by atoms with E-state index >= 15 is 0 Å². The lowest BCUT2D eigenvalue weighted by Gasteiger charge is -2.13. The van der Waals surface area contributed by atoms with Crippen molar-refractivity contribution in [2.75, 3.05) is 0 Å². The molecule has 0 aliphatic heterocycles. The van der Waals surface area contributed by atoms with Gasteiger partial charge in [0.05, 0.1) is 5.69 Å². The Kier molecular flexibility index (Phi) is 6.13. The van der Waals surface area contributed by atoms with Gasteiger partial charge in [-0.1, -0.05) is 19.4 Å². The van der Waals surface area contributed by atoms with Gasteiger partial charge in [-0.25, -0.2) is 9.78 Å². The number of carboxylic acid groups (broad SMARTS) is 1. The summed E-state index contributed by atoms with van der Waals surface area (Å²) in [6.45, 7) is 1.89. The third kappa shape index (κ3) is 4.89. The summed E-state index contributed by atoms with van der Waals surface area (Å²) in [5.41, 5.74) is 2.35. The number of imidazole rings is 1. The first-order valence-corrected chi connectivity index (χ1v) is 9.74. The van der Waals surface area contributed by atoms with E-state index in [1.807, 2.05) is 54.0 Å². The second kappa shape index (κ2) is 8.73. The van der Waals surface area contributed by atoms with Gasteiger partial charge in [0, 0.05) is 28.6 Å². The molecule has 2 heterocycles. The van der Waals surface area contributed by atoms with Crippen LogP contribution in [0.3, 0.4) is 0 Å². The standard InChI is InChI=1S/C20H21N3O3S/c1-2-5-17(20(25)26)22-19(24)14-7-9-16(10-8-14)27-13-15-12-23-11-4-3-6-18(23)21-15/h3-4,6-12,17H,2,5,13H2,1H3,(H,22,24)(H,25,26). The normalized spacial score (nSPS) is 12.0. The number of nitrogens with zero attached hydrogens (tertiary/aromatic N) is 2. The van der Waals surface area contributed by atoms with Crippen LogP contribution in [-0.2, 0) is 10.5 Å². The number of rotatable bonds is 8. The Balaban J connectivity index is 1.59. The summed E-state index contributed by atoms with van der Waals surface area (Å²) in [7, 11) is 0. The van der Waals surface area contributed by atoms with Gasteiger partial charge in [-0.05, 0) is 42.8 Å². The molecule has 3 rings (SSSR count). The first-order chi connectivity index (χ1) is 13.1. The van der Waals surface area contributed by atoms with Gasteiger partial charge in [0.25, 0.3) is 5.91 Å². The molecule has 1 atom stereocenters. The number of amides is 1. The number of carboxylic acids is 1. The zero-order valence-electron chi connectivity index (χ0n) is 15.0. The second-order valence-electron chi connectivity index (χ2n) is 6.16. The highest BCUT2D eigenvalue weighted by Crippen LogP contribution is 2.23. The van der Waals surface area contributed by atoms with E-state index < -0.39 is 12.0 Å². The highest BCUT2D eigenvalue weighted by atomic mass is 32.2. The zero-order chi connectivity index (χ0) is 19.2. The minimum Gasteiger partial charge on any atom is -0.480 e. The molecule has 1 unspecified atom stereocenters. The maximum Gasteiger partial charge on any atom is 0.326 e. The molecule has 2 N–H and O–H groups in total. The molecule has 0 spiro atoms. The number of hydrogen-bond acceptors (Lipinski definition) is 4. The summed E-state index contributed by atoms with van der Waals surface area (Å²) in [5, 5.41) is 11.7. The van der Waals surface area contributed by atoms with Crippen molar-refractivity contribution in [1.29, 1.82) is 0 Å². The van der Waals surface area contributed by atoms with Gasteiger partial charge < -0.3 is 14.8 Å². The average Bonchev–Trinajstić information content (AvgIpc) is 3.09. The highest BCUT2D eigenvalue weighted by Gasteiger charge is 2.19. The summed E-state index contributed by atoms with van der Waals surface area (Å²) >= 11 is 1.63. The molecule has 1 aromatic carbocycles. The van der Waals surface area contributed by atoms with Crippen molar-refractivity contribution in [3.05, 3.63) is 66.1 Å². The first-order valence-electron chi connectivity index (χ1n) is 8.76. The SMILES string of the molecule is CCCC(NC(=O)c1ccc(SCc2cn3ccccc3n2)cc1)C(=O)O. The lowest BCUT2D eigenvalue weighted by molar-refractivity contribution is -0.139. The fourth-order valence-corrected chi connectivity index (χ4v) is 3.49. The Bertz CT molecular complexity index is 904. The third-order valence-corrected chi connectivity index (χ3v) is 5.14. The molecule has 0 bridgehead atoms. The topological polar surface area (TPSA) is 83.7 Å². The number of nitrogens with one attached hydrogen (secondary N) is 1. The van der Waals surface area contributed by atoms with Crippen molar-refractivity contribution in [2.24, 2.45) is 0 Å². The van der Waals surface area contributed by atoms with Gasteiger partial charge in [-0.3, -0.25) is 4.79 Å². The fourth-order valence-electron chi connectivity index (χ4n) is 2.70. The van der Waals surface area contributed by atoms with E-state index in [0.717, 1.165) is 22.0 Å². The van der Waals surface area contributed by atoms with Crippen LogP contribution in [0.4, 0.5) is 0 Å². The number of fused-ring (bicyclic) bond motifs is 1. The molecule has 2 aromatic heterocycles. The van der Waals surface area contributed by atoms with Crippen LogP contribution in [0.5, 0.6) is 0 Å². The van der Waals surface area contributed by atoms with Gasteiger partial charge >= 0.3 is 5.97 Å². The minimum absolute atomic E-state index is 0.368. The van der Waals surface area contributed by atoms with Crippen LogP contribution < -0.4 is 5.32 Å². The van der Waals surface area contributed by atoms with Crippen LogP contribution in [-0.4, -0.2) is 32.4 Å². The molecule has 0 saturated heterocycles. The van der Waals surface area contributed by atoms with Crippen LogP contribution in [0, 0.1) is 0 Å². The second-order valence-corrected chi connectivity index (χ2v) is 7.21. The molecule has 6 nitrogen and oxygen atoms in total. The van der Waals surface area contributed by atoms with E-state index in [2.05, 4.69) is 10.3 Å². The van der Waals surface area contributed by atoms with E-state index in [0.29, 0.717) is 18.4 Å². The summed E-state index contributed by atoms with van der Waals surface area (Å²) in [6, 6.07) is 12.2. The Hall–Kier alpha value is -2.80. The Morgan fingerprint density at radius 1 is 1.22 bits per heavy atom. The monoisotopic (exact) mass is 383 g/mol. The molecular weight excluding hydrogens is 362 g/mol. The predicted octanol–water partition coefficient (Wildman–Crippen LogP) is 3.61. The van der Waals surface area contributed by atoms with Crippen molar-refractivity contribution in [3.63, 3.8) is 0 Å². The molecule has 7 heteroatoms. The van der Waals surface area contributed by atoms with Crippen molar-refractivity contribution >= 4 is 29.3 Å². The summed E-state index contributed by atoms with van der Waals surface area (Å²) < 4.78 is 1.98. The molecule has 0 radical (unpaired) electrons. The van der Waals surface area contributed by atoms with Crippen LogP contribution in [0.2, 0.25) is 0 Å². The summed E-state index contributed by atoms with van der Waals surface area (Å²) in [6.07, 6.45) is 5.07. The van der Waals surface area contributed by atoms with Gasteiger partial charge in [-0.2, -0.15) is 0 Å². The summed E-state index contributed by atoms with van der Waals surface area (Å²) in [5.74, 6) is -0.650. The predicted molar refractivity (Wildman–Crippen MR) is 105 cm³/mol. The fraction of sp³-hybridized carbons (Fsp3) is 0.250. The number of thioether (sulfide) groups is 1. The quantitative estimate of drug-likeness (QED) is 0.581. The van der Waals surface area contributed by atoms with Crippen molar-refractivity contribution in [3.8, 4) is 0 Å². The molecule has 0 aliphatic carbocycles. The van der Waals surface area contributed by atoms with Crippen molar-refractivity contribution < 1.29 is 14.7 Å². The van der Waals surface area contributed by atoms with Crippen molar-refractivity contribution in [1.82, 2.24) is 14.7 Å². The molecule has 0 aliphatic rings.